The van der Waals surface area contributed by atoms with E-state index < -0.39 is 23.7 Å². The van der Waals surface area contributed by atoms with Crippen LogP contribution in [0.15, 0.2) is 107 Å². The number of amides is 1. The summed E-state index contributed by atoms with van der Waals surface area (Å²) in [5, 5.41) is 20.9. The molecule has 1 amide bonds. The van der Waals surface area contributed by atoms with Crippen LogP contribution in [-0.2, 0) is 26.7 Å². The number of hydrogen-bond donors (Lipinski definition) is 1. The van der Waals surface area contributed by atoms with Crippen molar-refractivity contribution in [3.8, 4) is 5.75 Å². The molecule has 0 spiro atoms. The van der Waals surface area contributed by atoms with Crippen LogP contribution in [0.1, 0.15) is 44.2 Å². The topological polar surface area (TPSA) is 119 Å². The van der Waals surface area contributed by atoms with Crippen molar-refractivity contribution in [2.45, 2.75) is 29.7 Å². The highest BCUT2D eigenvalue weighted by atomic mass is 35.5. The van der Waals surface area contributed by atoms with E-state index in [4.69, 9.17) is 21.1 Å². The number of esters is 1. The zero-order chi connectivity index (χ0) is 33.8. The number of carbonyl (C=O) groups is 3. The third kappa shape index (κ3) is 6.98. The highest BCUT2D eigenvalue weighted by molar-refractivity contribution is 8.00. The summed E-state index contributed by atoms with van der Waals surface area (Å²) in [5.41, 5.74) is 4.01. The average Bonchev–Trinajstić information content (AvgIpc) is 3.68. The number of rotatable bonds is 10. The van der Waals surface area contributed by atoms with Gasteiger partial charge in [-0.05, 0) is 66.1 Å². The first-order valence-corrected chi connectivity index (χ1v) is 16.9. The number of aliphatic hydroxyl groups excluding tert-OH is 1. The first-order valence-electron chi connectivity index (χ1n) is 14.7. The monoisotopic (exact) mass is 697 g/mol. The van der Waals surface area contributed by atoms with Crippen molar-refractivity contribution < 1.29 is 29.0 Å². The fourth-order valence-electron chi connectivity index (χ4n) is 5.21. The summed E-state index contributed by atoms with van der Waals surface area (Å²) >= 11 is 8.85. The second kappa shape index (κ2) is 14.4. The van der Waals surface area contributed by atoms with Crippen molar-refractivity contribution in [2.24, 2.45) is 0 Å². The van der Waals surface area contributed by atoms with E-state index in [0.717, 1.165) is 28.0 Å². The van der Waals surface area contributed by atoms with Crippen molar-refractivity contribution in [1.29, 1.82) is 0 Å². The van der Waals surface area contributed by atoms with E-state index in [-0.39, 0.29) is 22.0 Å². The van der Waals surface area contributed by atoms with E-state index >= 15 is 0 Å². The number of Topliss-reactive ketones (excluding diaryl/α,β-unsaturated/α-hetero) is 1. The molecule has 1 saturated heterocycles. The quantitative estimate of drug-likeness (QED) is 0.0390. The van der Waals surface area contributed by atoms with E-state index in [0.29, 0.717) is 38.6 Å². The Morgan fingerprint density at radius 2 is 1.69 bits per heavy atom. The van der Waals surface area contributed by atoms with E-state index in [2.05, 4.69) is 10.2 Å². The summed E-state index contributed by atoms with van der Waals surface area (Å²) in [4.78, 5) is 40.6. The van der Waals surface area contributed by atoms with Crippen LogP contribution in [0.3, 0.4) is 0 Å². The number of benzene rings is 4. The van der Waals surface area contributed by atoms with Gasteiger partial charge in [-0.3, -0.25) is 14.5 Å². The summed E-state index contributed by atoms with van der Waals surface area (Å²) in [6.45, 7) is 2.37. The molecule has 1 fully saturated rings. The molecule has 1 aromatic heterocycles. The van der Waals surface area contributed by atoms with Crippen molar-refractivity contribution in [1.82, 2.24) is 10.2 Å². The molecule has 0 bridgehead atoms. The fourth-order valence-corrected chi connectivity index (χ4v) is 7.36. The molecule has 5 aromatic rings. The molecule has 1 aliphatic rings. The van der Waals surface area contributed by atoms with E-state index in [1.165, 1.54) is 35.9 Å². The molecule has 6 rings (SSSR count). The number of aliphatic hydroxyl groups is 1. The van der Waals surface area contributed by atoms with Gasteiger partial charge in [-0.25, -0.2) is 4.79 Å². The summed E-state index contributed by atoms with van der Waals surface area (Å²) in [6.07, 6.45) is 0. The van der Waals surface area contributed by atoms with Crippen LogP contribution in [0, 0.1) is 6.92 Å². The minimum absolute atomic E-state index is 0.125. The maximum atomic E-state index is 13.6. The van der Waals surface area contributed by atoms with Gasteiger partial charge >= 0.3 is 11.9 Å². The number of ketones is 1. The van der Waals surface area contributed by atoms with Crippen LogP contribution < -0.4 is 9.64 Å². The van der Waals surface area contributed by atoms with E-state index in [1.54, 1.807) is 42.5 Å². The lowest BCUT2D eigenvalue weighted by molar-refractivity contribution is -0.132. The highest BCUT2D eigenvalue weighted by Gasteiger charge is 2.48. The molecule has 0 radical (unpaired) electrons. The Kier molecular flexibility index (Phi) is 9.90. The lowest BCUT2D eigenvalue weighted by Crippen LogP contribution is -2.29. The summed E-state index contributed by atoms with van der Waals surface area (Å²) in [5.74, 6) is -1.55. The Hall–Kier alpha value is -4.97. The molecular weight excluding hydrogens is 670 g/mol. The molecule has 1 N–H and O–H groups in total. The number of hydrogen-bond acceptors (Lipinski definition) is 10. The summed E-state index contributed by atoms with van der Waals surface area (Å²) in [7, 11) is 1.28. The fraction of sp³-hybridized carbons (Fsp3) is 0.139. The average molecular weight is 698 g/mol. The lowest BCUT2D eigenvalue weighted by Gasteiger charge is -2.22. The van der Waals surface area contributed by atoms with Crippen LogP contribution in [0.25, 0.3) is 5.76 Å². The second-order valence-electron chi connectivity index (χ2n) is 10.8. The Labute approximate surface area is 289 Å². The van der Waals surface area contributed by atoms with Gasteiger partial charge in [-0.1, -0.05) is 94.9 Å². The number of aromatic nitrogens is 2. The number of ether oxygens (including phenoxy) is 2. The van der Waals surface area contributed by atoms with Crippen LogP contribution in [0.5, 0.6) is 5.75 Å². The summed E-state index contributed by atoms with van der Waals surface area (Å²) < 4.78 is 11.3. The van der Waals surface area contributed by atoms with Gasteiger partial charge in [-0.15, -0.1) is 10.2 Å². The van der Waals surface area contributed by atoms with E-state index in [9.17, 15) is 19.5 Å². The smallest absolute Gasteiger partial charge is 0.337 e. The third-order valence-electron chi connectivity index (χ3n) is 7.62. The minimum Gasteiger partial charge on any atom is -0.507 e. The Morgan fingerprint density at radius 1 is 0.958 bits per heavy atom. The van der Waals surface area contributed by atoms with Gasteiger partial charge in [0.05, 0.1) is 24.3 Å². The van der Waals surface area contributed by atoms with Crippen LogP contribution >= 0.6 is 34.7 Å². The molecular formula is C36H28ClN3O6S2. The van der Waals surface area contributed by atoms with Crippen LogP contribution in [0.2, 0.25) is 5.02 Å². The molecule has 0 aliphatic carbocycles. The molecule has 2 heterocycles. The number of aryl methyl sites for hydroxylation is 1. The van der Waals surface area contributed by atoms with Crippen LogP contribution in [-0.4, -0.2) is 40.1 Å². The number of thioether (sulfide) groups is 1. The second-order valence-corrected chi connectivity index (χ2v) is 13.4. The van der Waals surface area contributed by atoms with Gasteiger partial charge < -0.3 is 14.6 Å². The van der Waals surface area contributed by atoms with Gasteiger partial charge in [0.15, 0.2) is 4.34 Å². The molecule has 48 heavy (non-hydrogen) atoms. The molecule has 1 atom stereocenters. The Balaban J connectivity index is 1.32. The summed E-state index contributed by atoms with van der Waals surface area (Å²) in [6, 6.07) is 27.3. The maximum Gasteiger partial charge on any atom is 0.337 e. The van der Waals surface area contributed by atoms with Gasteiger partial charge in [0, 0.05) is 16.3 Å². The molecule has 1 aliphatic heterocycles. The molecule has 1 unspecified atom stereocenters. The molecule has 12 heteroatoms. The van der Waals surface area contributed by atoms with Gasteiger partial charge in [0.25, 0.3) is 5.78 Å². The highest BCUT2D eigenvalue weighted by Crippen LogP contribution is 2.44. The molecule has 0 saturated carbocycles. The predicted octanol–water partition coefficient (Wildman–Crippen LogP) is 7.78. The van der Waals surface area contributed by atoms with Crippen LogP contribution in [0.4, 0.5) is 5.13 Å². The zero-order valence-corrected chi connectivity index (χ0v) is 28.1. The molecule has 242 valence electrons. The standard InChI is InChI=1S/C36H28ClN3O6S2/c1-21-6-5-7-22(18-21)19-46-27-16-14-24(15-17-27)31(41)29-30(23-10-12-25(13-11-23)34(44)45-2)40(33(43)32(29)42)35-38-39-36(48-35)47-20-26-8-3-4-9-28(26)37/h3-18,30,41H,19-20H2,1-2H3. The number of carbonyl (C=O) groups excluding carboxylic acids is 3. The molecule has 9 nitrogen and oxygen atoms in total. The van der Waals surface area contributed by atoms with Gasteiger partial charge in [0.1, 0.15) is 18.1 Å². The van der Waals surface area contributed by atoms with Crippen molar-refractivity contribution in [2.75, 3.05) is 12.0 Å². The first kappa shape index (κ1) is 33.0. The maximum absolute atomic E-state index is 13.6. The number of methoxy groups -OCH3 is 1. The Bertz CT molecular complexity index is 2030. The number of halogens is 1. The largest absolute Gasteiger partial charge is 0.507 e. The first-order chi connectivity index (χ1) is 23.2. The van der Waals surface area contributed by atoms with Crippen molar-refractivity contribution in [3.05, 3.63) is 141 Å². The third-order valence-corrected chi connectivity index (χ3v) is 10.1. The van der Waals surface area contributed by atoms with Gasteiger partial charge in [-0.2, -0.15) is 0 Å². The number of anilines is 1. The normalized spacial score (nSPS) is 15.5. The minimum atomic E-state index is -1.05. The van der Waals surface area contributed by atoms with E-state index in [1.807, 2.05) is 49.4 Å². The molecule has 4 aromatic carbocycles. The van der Waals surface area contributed by atoms with Crippen molar-refractivity contribution >= 4 is 63.3 Å². The Morgan fingerprint density at radius 3 is 2.40 bits per heavy atom. The zero-order valence-electron chi connectivity index (χ0n) is 25.8. The number of nitrogens with zero attached hydrogens (tertiary/aromatic N) is 3. The van der Waals surface area contributed by atoms with Gasteiger partial charge in [0.2, 0.25) is 5.13 Å². The lowest BCUT2D eigenvalue weighted by atomic mass is 9.94. The SMILES string of the molecule is COC(=O)c1ccc(C2C(=C(O)c3ccc(OCc4cccc(C)c4)cc3)C(=O)C(=O)N2c2nnc(SCc3ccccc3Cl)s2)cc1. The van der Waals surface area contributed by atoms with Crippen molar-refractivity contribution in [3.63, 3.8) is 0 Å². The predicted molar refractivity (Wildman–Crippen MR) is 185 cm³/mol.